The molecule has 2 aromatic rings. The summed E-state index contributed by atoms with van der Waals surface area (Å²) < 4.78 is 2.03. The number of pyridine rings is 1. The Morgan fingerprint density at radius 3 is 2.85 bits per heavy atom. The first-order valence-corrected chi connectivity index (χ1v) is 7.11. The average molecular weight is 273 g/mol. The standard InChI is InChI=1S/C15H23N5/c1-4-12-10-17-7-6-14(12)15(18-16)9-13-8-11(3)19-20(13)5-2/h6-8,10,15,18H,4-5,9,16H2,1-3H3. The number of rotatable bonds is 6. The van der Waals surface area contributed by atoms with Crippen molar-refractivity contribution >= 4 is 0 Å². The van der Waals surface area contributed by atoms with Gasteiger partial charge in [0.1, 0.15) is 0 Å². The van der Waals surface area contributed by atoms with Gasteiger partial charge in [-0.05, 0) is 43.5 Å². The summed E-state index contributed by atoms with van der Waals surface area (Å²) in [4.78, 5) is 4.19. The monoisotopic (exact) mass is 273 g/mol. The molecule has 0 amide bonds. The fraction of sp³-hybridized carbons (Fsp3) is 0.467. The molecule has 108 valence electrons. The first-order chi connectivity index (χ1) is 9.69. The highest BCUT2D eigenvalue weighted by Crippen LogP contribution is 2.21. The number of nitrogens with one attached hydrogen (secondary N) is 1. The lowest BCUT2D eigenvalue weighted by atomic mass is 9.97. The summed E-state index contributed by atoms with van der Waals surface area (Å²) in [5.74, 6) is 5.77. The first kappa shape index (κ1) is 14.7. The predicted molar refractivity (Wildman–Crippen MR) is 80.0 cm³/mol. The molecule has 1 atom stereocenters. The number of hydrogen-bond donors (Lipinski definition) is 2. The fourth-order valence-electron chi connectivity index (χ4n) is 2.58. The zero-order valence-corrected chi connectivity index (χ0v) is 12.4. The van der Waals surface area contributed by atoms with Gasteiger partial charge in [0.15, 0.2) is 0 Å². The van der Waals surface area contributed by atoms with E-state index >= 15 is 0 Å². The minimum Gasteiger partial charge on any atom is -0.271 e. The van der Waals surface area contributed by atoms with Crippen LogP contribution >= 0.6 is 0 Å². The first-order valence-electron chi connectivity index (χ1n) is 7.11. The van der Waals surface area contributed by atoms with E-state index in [1.807, 2.05) is 30.1 Å². The van der Waals surface area contributed by atoms with Gasteiger partial charge >= 0.3 is 0 Å². The minimum absolute atomic E-state index is 0.0781. The summed E-state index contributed by atoms with van der Waals surface area (Å²) in [7, 11) is 0. The minimum atomic E-state index is 0.0781. The van der Waals surface area contributed by atoms with E-state index in [1.165, 1.54) is 16.8 Å². The number of hydrogen-bond acceptors (Lipinski definition) is 4. The smallest absolute Gasteiger partial charge is 0.0596 e. The molecule has 0 aromatic carbocycles. The number of nitrogens with zero attached hydrogens (tertiary/aromatic N) is 3. The highest BCUT2D eigenvalue weighted by Gasteiger charge is 2.16. The van der Waals surface area contributed by atoms with Crippen molar-refractivity contribution in [2.24, 2.45) is 5.84 Å². The van der Waals surface area contributed by atoms with E-state index in [4.69, 9.17) is 5.84 Å². The van der Waals surface area contributed by atoms with E-state index in [1.54, 1.807) is 0 Å². The molecule has 0 saturated carbocycles. The van der Waals surface area contributed by atoms with Crippen LogP contribution in [0.1, 0.15) is 42.4 Å². The number of aryl methyl sites for hydroxylation is 3. The summed E-state index contributed by atoms with van der Waals surface area (Å²) in [6.45, 7) is 7.13. The van der Waals surface area contributed by atoms with Crippen molar-refractivity contribution in [2.45, 2.75) is 46.2 Å². The van der Waals surface area contributed by atoms with Crippen LogP contribution in [0.25, 0.3) is 0 Å². The molecule has 2 rings (SSSR count). The highest BCUT2D eigenvalue weighted by molar-refractivity contribution is 5.28. The van der Waals surface area contributed by atoms with Crippen molar-refractivity contribution < 1.29 is 0 Å². The van der Waals surface area contributed by atoms with Gasteiger partial charge in [-0.2, -0.15) is 5.10 Å². The van der Waals surface area contributed by atoms with Gasteiger partial charge in [-0.15, -0.1) is 0 Å². The molecule has 0 aliphatic rings. The molecule has 20 heavy (non-hydrogen) atoms. The zero-order chi connectivity index (χ0) is 14.5. The van der Waals surface area contributed by atoms with E-state index in [-0.39, 0.29) is 6.04 Å². The highest BCUT2D eigenvalue weighted by atomic mass is 15.3. The Morgan fingerprint density at radius 1 is 1.40 bits per heavy atom. The van der Waals surface area contributed by atoms with Gasteiger partial charge in [0.25, 0.3) is 0 Å². The number of aromatic nitrogens is 3. The third kappa shape index (κ3) is 3.05. The summed E-state index contributed by atoms with van der Waals surface area (Å²) >= 11 is 0. The summed E-state index contributed by atoms with van der Waals surface area (Å²) in [6, 6.07) is 4.25. The molecule has 0 fully saturated rings. The Labute approximate surface area is 120 Å². The predicted octanol–water partition coefficient (Wildman–Crippen LogP) is 1.92. The third-order valence-corrected chi connectivity index (χ3v) is 3.60. The van der Waals surface area contributed by atoms with Crippen molar-refractivity contribution in [3.05, 3.63) is 47.0 Å². The molecule has 5 nitrogen and oxygen atoms in total. The molecule has 3 N–H and O–H groups in total. The maximum atomic E-state index is 5.77. The van der Waals surface area contributed by atoms with Crippen molar-refractivity contribution in [1.29, 1.82) is 0 Å². The maximum Gasteiger partial charge on any atom is 0.0596 e. The van der Waals surface area contributed by atoms with Gasteiger partial charge in [-0.1, -0.05) is 6.92 Å². The summed E-state index contributed by atoms with van der Waals surface area (Å²) in [6.07, 6.45) is 5.51. The molecule has 2 heterocycles. The maximum absolute atomic E-state index is 5.77. The van der Waals surface area contributed by atoms with E-state index in [2.05, 4.69) is 35.4 Å². The lowest BCUT2D eigenvalue weighted by Gasteiger charge is -2.19. The number of nitrogens with two attached hydrogens (primary N) is 1. The van der Waals surface area contributed by atoms with Crippen LogP contribution in [0.3, 0.4) is 0 Å². The molecule has 0 radical (unpaired) electrons. The van der Waals surface area contributed by atoms with Crippen LogP contribution in [0, 0.1) is 6.92 Å². The Hall–Kier alpha value is -1.72. The van der Waals surface area contributed by atoms with Gasteiger partial charge in [0.05, 0.1) is 11.7 Å². The molecule has 0 bridgehead atoms. The van der Waals surface area contributed by atoms with Crippen LogP contribution in [0.15, 0.2) is 24.5 Å². The topological polar surface area (TPSA) is 68.8 Å². The largest absolute Gasteiger partial charge is 0.271 e. The van der Waals surface area contributed by atoms with Gasteiger partial charge in [-0.25, -0.2) is 0 Å². The van der Waals surface area contributed by atoms with Crippen LogP contribution in [0.2, 0.25) is 0 Å². The van der Waals surface area contributed by atoms with E-state index in [0.29, 0.717) is 0 Å². The molecule has 1 unspecified atom stereocenters. The molecular weight excluding hydrogens is 250 g/mol. The fourth-order valence-corrected chi connectivity index (χ4v) is 2.58. The van der Waals surface area contributed by atoms with Crippen molar-refractivity contribution in [3.63, 3.8) is 0 Å². The quantitative estimate of drug-likeness (QED) is 0.623. The third-order valence-electron chi connectivity index (χ3n) is 3.60. The van der Waals surface area contributed by atoms with Crippen LogP contribution < -0.4 is 11.3 Å². The summed E-state index contributed by atoms with van der Waals surface area (Å²) in [5.41, 5.74) is 7.62. The molecule has 0 aliphatic heterocycles. The van der Waals surface area contributed by atoms with Crippen molar-refractivity contribution in [2.75, 3.05) is 0 Å². The normalized spacial score (nSPS) is 12.6. The molecular formula is C15H23N5. The van der Waals surface area contributed by atoms with E-state index in [9.17, 15) is 0 Å². The van der Waals surface area contributed by atoms with Crippen molar-refractivity contribution in [1.82, 2.24) is 20.2 Å². The van der Waals surface area contributed by atoms with Crippen LogP contribution in [-0.4, -0.2) is 14.8 Å². The summed E-state index contributed by atoms with van der Waals surface area (Å²) in [5, 5.41) is 4.49. The Kier molecular flexibility index (Phi) is 4.87. The van der Waals surface area contributed by atoms with E-state index < -0.39 is 0 Å². The second-order valence-electron chi connectivity index (χ2n) is 4.94. The van der Waals surface area contributed by atoms with Gasteiger partial charge in [0.2, 0.25) is 0 Å². The zero-order valence-electron chi connectivity index (χ0n) is 12.4. The molecule has 5 heteroatoms. The lowest BCUT2D eigenvalue weighted by molar-refractivity contribution is 0.513. The van der Waals surface area contributed by atoms with E-state index in [0.717, 1.165) is 25.1 Å². The van der Waals surface area contributed by atoms with Crippen LogP contribution in [-0.2, 0) is 19.4 Å². The average Bonchev–Trinajstić information content (AvgIpc) is 2.84. The van der Waals surface area contributed by atoms with Gasteiger partial charge in [0, 0.05) is 31.1 Å². The van der Waals surface area contributed by atoms with Crippen LogP contribution in [0.4, 0.5) is 0 Å². The second kappa shape index (κ2) is 6.63. The molecule has 2 aromatic heterocycles. The molecule has 0 aliphatic carbocycles. The lowest BCUT2D eigenvalue weighted by Crippen LogP contribution is -2.31. The van der Waals surface area contributed by atoms with Crippen LogP contribution in [0.5, 0.6) is 0 Å². The Balaban J connectivity index is 2.28. The Morgan fingerprint density at radius 2 is 2.20 bits per heavy atom. The van der Waals surface area contributed by atoms with Gasteiger partial charge < -0.3 is 0 Å². The Bertz CT molecular complexity index is 561. The second-order valence-corrected chi connectivity index (χ2v) is 4.94. The SMILES string of the molecule is CCc1cnccc1C(Cc1cc(C)nn1CC)NN. The molecule has 0 spiro atoms. The van der Waals surface area contributed by atoms with Crippen molar-refractivity contribution in [3.8, 4) is 0 Å². The molecule has 0 saturated heterocycles. The van der Waals surface area contributed by atoms with Gasteiger partial charge in [-0.3, -0.25) is 20.9 Å². The number of hydrazine groups is 1.